The Labute approximate surface area is 136 Å². The number of aromatic nitrogens is 1. The van der Waals surface area contributed by atoms with Gasteiger partial charge in [0.05, 0.1) is 14.2 Å². The summed E-state index contributed by atoms with van der Waals surface area (Å²) < 4.78 is 9.98. The van der Waals surface area contributed by atoms with Gasteiger partial charge in [-0.05, 0) is 18.3 Å². The van der Waals surface area contributed by atoms with Crippen molar-refractivity contribution in [3.63, 3.8) is 0 Å². The summed E-state index contributed by atoms with van der Waals surface area (Å²) in [4.78, 5) is 27.2. The predicted molar refractivity (Wildman–Crippen MR) is 88.6 cm³/mol. The Bertz CT molecular complexity index is 608. The van der Waals surface area contributed by atoms with Gasteiger partial charge in [-0.2, -0.15) is 0 Å². The van der Waals surface area contributed by atoms with Crippen LogP contribution in [0.25, 0.3) is 0 Å². The third-order valence-electron chi connectivity index (χ3n) is 4.56. The first-order valence-electron chi connectivity index (χ1n) is 7.89. The molecule has 0 aliphatic rings. The molecule has 0 aliphatic carbocycles. The lowest BCUT2D eigenvalue weighted by molar-refractivity contribution is 0.0900. The minimum absolute atomic E-state index is 0.00724. The van der Waals surface area contributed by atoms with Gasteiger partial charge in [0.2, 0.25) is 11.6 Å². The largest absolute Gasteiger partial charge is 0.503 e. The molecule has 0 saturated heterocycles. The molecular formula is C17H27NO5. The molecule has 6 heteroatoms. The monoisotopic (exact) mass is 325 g/mol. The number of hydrogen-bond acceptors (Lipinski definition) is 5. The van der Waals surface area contributed by atoms with E-state index in [4.69, 9.17) is 9.47 Å². The van der Waals surface area contributed by atoms with Crippen molar-refractivity contribution >= 4 is 5.78 Å². The average Bonchev–Trinajstić information content (AvgIpc) is 2.52. The molecule has 0 bridgehead atoms. The molecule has 0 amide bonds. The molecule has 1 rings (SSSR count). The lowest BCUT2D eigenvalue weighted by atomic mass is 9.83. The van der Waals surface area contributed by atoms with Gasteiger partial charge in [-0.15, -0.1) is 0 Å². The SMILES string of the molecule is CC[C@H](C)[C@@H](C)C[C@H](C)C(=O)c1c(O)c(OC)c(OC)[nH]c1=O. The molecule has 1 aromatic heterocycles. The van der Waals surface area contributed by atoms with Crippen LogP contribution in [-0.4, -0.2) is 30.1 Å². The van der Waals surface area contributed by atoms with E-state index in [1.54, 1.807) is 6.92 Å². The Kier molecular flexibility index (Phi) is 6.66. The molecule has 23 heavy (non-hydrogen) atoms. The third kappa shape index (κ3) is 4.06. The highest BCUT2D eigenvalue weighted by Gasteiger charge is 2.28. The topological polar surface area (TPSA) is 88.6 Å². The van der Waals surface area contributed by atoms with Gasteiger partial charge in [0.15, 0.2) is 11.5 Å². The first-order chi connectivity index (χ1) is 10.8. The Morgan fingerprint density at radius 2 is 1.78 bits per heavy atom. The fourth-order valence-electron chi connectivity index (χ4n) is 2.66. The summed E-state index contributed by atoms with van der Waals surface area (Å²) in [5, 5.41) is 10.2. The highest BCUT2D eigenvalue weighted by atomic mass is 16.5. The maximum absolute atomic E-state index is 12.6. The number of ketones is 1. The molecule has 1 heterocycles. The number of ether oxygens (including phenoxy) is 2. The van der Waals surface area contributed by atoms with Crippen molar-refractivity contribution in [2.45, 2.75) is 40.5 Å². The summed E-state index contributed by atoms with van der Waals surface area (Å²) in [6.07, 6.45) is 1.69. The molecule has 0 fully saturated rings. The van der Waals surface area contributed by atoms with Gasteiger partial charge in [-0.25, -0.2) is 0 Å². The van der Waals surface area contributed by atoms with Crippen molar-refractivity contribution in [3.05, 3.63) is 15.9 Å². The lowest BCUT2D eigenvalue weighted by Gasteiger charge is -2.21. The summed E-state index contributed by atoms with van der Waals surface area (Å²) in [5.41, 5.74) is -0.945. The Morgan fingerprint density at radius 3 is 2.26 bits per heavy atom. The number of methoxy groups -OCH3 is 2. The van der Waals surface area contributed by atoms with Crippen LogP contribution in [0.4, 0.5) is 0 Å². The summed E-state index contributed by atoms with van der Waals surface area (Å²) >= 11 is 0. The van der Waals surface area contributed by atoms with Gasteiger partial charge in [0, 0.05) is 5.92 Å². The van der Waals surface area contributed by atoms with Gasteiger partial charge in [-0.3, -0.25) is 14.6 Å². The number of rotatable bonds is 8. The number of nitrogens with one attached hydrogen (secondary N) is 1. The molecule has 0 unspecified atom stereocenters. The van der Waals surface area contributed by atoms with E-state index in [1.165, 1.54) is 14.2 Å². The first kappa shape index (κ1) is 19.1. The molecule has 2 N–H and O–H groups in total. The molecule has 3 atom stereocenters. The highest BCUT2D eigenvalue weighted by Crippen LogP contribution is 2.36. The number of Topliss-reactive ketones (excluding diaryl/α,β-unsaturated/α-hetero) is 1. The second-order valence-corrected chi connectivity index (χ2v) is 6.11. The number of aromatic amines is 1. The summed E-state index contributed by atoms with van der Waals surface area (Å²) in [6, 6.07) is 0. The van der Waals surface area contributed by atoms with Crippen LogP contribution in [0.15, 0.2) is 4.79 Å². The fourth-order valence-corrected chi connectivity index (χ4v) is 2.66. The van der Waals surface area contributed by atoms with Crippen LogP contribution in [0.1, 0.15) is 50.9 Å². The zero-order chi connectivity index (χ0) is 17.7. The lowest BCUT2D eigenvalue weighted by Crippen LogP contribution is -2.25. The average molecular weight is 325 g/mol. The zero-order valence-electron chi connectivity index (χ0n) is 14.7. The minimum Gasteiger partial charge on any atom is -0.503 e. The standard InChI is InChI=1S/C17H27NO5/c1-7-9(2)10(3)8-11(4)13(19)12-14(20)15(22-5)17(23-6)18-16(12)21/h9-11H,7-8H2,1-6H3,(H2,18,20,21)/t9-,10-,11-/m0/s1. The molecule has 0 spiro atoms. The van der Waals surface area contributed by atoms with Gasteiger partial charge in [0.1, 0.15) is 5.56 Å². The molecule has 130 valence electrons. The summed E-state index contributed by atoms with van der Waals surface area (Å²) in [7, 11) is 2.67. The van der Waals surface area contributed by atoms with Crippen molar-refractivity contribution in [2.75, 3.05) is 14.2 Å². The van der Waals surface area contributed by atoms with Gasteiger partial charge < -0.3 is 14.6 Å². The van der Waals surface area contributed by atoms with E-state index >= 15 is 0 Å². The van der Waals surface area contributed by atoms with Crippen LogP contribution in [0.3, 0.4) is 0 Å². The number of H-pyrrole nitrogens is 1. The Balaban J connectivity index is 3.15. The van der Waals surface area contributed by atoms with Gasteiger partial charge >= 0.3 is 0 Å². The number of pyridine rings is 1. The summed E-state index contributed by atoms with van der Waals surface area (Å²) in [5.74, 6) is -0.447. The summed E-state index contributed by atoms with van der Waals surface area (Å²) in [6.45, 7) is 8.12. The van der Waals surface area contributed by atoms with Gasteiger partial charge in [-0.1, -0.05) is 34.1 Å². The second-order valence-electron chi connectivity index (χ2n) is 6.11. The molecule has 6 nitrogen and oxygen atoms in total. The second kappa shape index (κ2) is 8.04. The normalized spacial score (nSPS) is 14.9. The van der Waals surface area contributed by atoms with Crippen LogP contribution in [0.5, 0.6) is 17.4 Å². The Hall–Kier alpha value is -1.98. The maximum atomic E-state index is 12.6. The molecule has 0 aliphatic heterocycles. The number of hydrogen-bond donors (Lipinski definition) is 2. The van der Waals surface area contributed by atoms with E-state index in [9.17, 15) is 14.7 Å². The maximum Gasteiger partial charge on any atom is 0.265 e. The van der Waals surface area contributed by atoms with E-state index in [0.29, 0.717) is 18.3 Å². The van der Waals surface area contributed by atoms with Crippen LogP contribution >= 0.6 is 0 Å². The minimum atomic E-state index is -0.673. The van der Waals surface area contributed by atoms with Crippen molar-refractivity contribution < 1.29 is 19.4 Å². The van der Waals surface area contributed by atoms with E-state index in [1.807, 2.05) is 0 Å². The van der Waals surface area contributed by atoms with Crippen molar-refractivity contribution in [3.8, 4) is 17.4 Å². The van der Waals surface area contributed by atoms with Crippen LogP contribution < -0.4 is 15.0 Å². The number of carbonyl (C=O) groups is 1. The smallest absolute Gasteiger partial charge is 0.265 e. The first-order valence-corrected chi connectivity index (χ1v) is 7.89. The van der Waals surface area contributed by atoms with Crippen LogP contribution in [0, 0.1) is 17.8 Å². The van der Waals surface area contributed by atoms with E-state index in [2.05, 4.69) is 25.8 Å². The quantitative estimate of drug-likeness (QED) is 0.717. The van der Waals surface area contributed by atoms with Crippen LogP contribution in [-0.2, 0) is 0 Å². The van der Waals surface area contributed by atoms with Crippen molar-refractivity contribution in [1.82, 2.24) is 4.98 Å². The fraction of sp³-hybridized carbons (Fsp3) is 0.647. The van der Waals surface area contributed by atoms with Crippen molar-refractivity contribution in [1.29, 1.82) is 0 Å². The molecule has 0 aromatic carbocycles. The van der Waals surface area contributed by atoms with E-state index < -0.39 is 11.3 Å². The molecular weight excluding hydrogens is 298 g/mol. The zero-order valence-corrected chi connectivity index (χ0v) is 14.7. The molecule has 0 saturated carbocycles. The van der Waals surface area contributed by atoms with Crippen LogP contribution in [0.2, 0.25) is 0 Å². The Morgan fingerprint density at radius 1 is 1.17 bits per heavy atom. The van der Waals surface area contributed by atoms with Gasteiger partial charge in [0.25, 0.3) is 5.56 Å². The number of aromatic hydroxyl groups is 1. The molecule has 0 radical (unpaired) electrons. The molecule has 1 aromatic rings. The van der Waals surface area contributed by atoms with E-state index in [0.717, 1.165) is 6.42 Å². The highest BCUT2D eigenvalue weighted by molar-refractivity contribution is 6.00. The third-order valence-corrected chi connectivity index (χ3v) is 4.56. The van der Waals surface area contributed by atoms with E-state index in [-0.39, 0.29) is 28.9 Å². The van der Waals surface area contributed by atoms with Crippen molar-refractivity contribution in [2.24, 2.45) is 17.8 Å². The number of carbonyl (C=O) groups excluding carboxylic acids is 1. The predicted octanol–water partition coefficient (Wildman–Crippen LogP) is 2.99.